The fraction of sp³-hybridized carbons (Fsp3) is 0.357. The Hall–Kier alpha value is -1.57. The van der Waals surface area contributed by atoms with Crippen LogP contribution in [0.15, 0.2) is 24.3 Å². The second-order valence-electron chi connectivity index (χ2n) is 5.23. The number of carbonyl (C=O) groups excluding carboxylic acids is 1. The number of benzene rings is 1. The summed E-state index contributed by atoms with van der Waals surface area (Å²) in [7, 11) is 0. The summed E-state index contributed by atoms with van der Waals surface area (Å²) < 4.78 is 0. The smallest absolute Gasteiger partial charge is 0.169 e. The summed E-state index contributed by atoms with van der Waals surface area (Å²) in [5.41, 5.74) is 3.01. The van der Waals surface area contributed by atoms with Crippen LogP contribution in [0.2, 0.25) is 0 Å². The zero-order chi connectivity index (χ0) is 11.5. The van der Waals surface area contributed by atoms with Gasteiger partial charge in [0.05, 0.1) is 0 Å². The molecule has 0 bridgehead atoms. The van der Waals surface area contributed by atoms with E-state index in [0.717, 1.165) is 22.2 Å². The monoisotopic (exact) mass is 213 g/mol. The number of hydrogen-bond donors (Lipinski definition) is 1. The lowest BCUT2D eigenvalue weighted by molar-refractivity contribution is 0.0913. The van der Waals surface area contributed by atoms with Crippen molar-refractivity contribution in [3.63, 3.8) is 0 Å². The molecule has 1 atom stereocenters. The van der Waals surface area contributed by atoms with E-state index in [1.54, 1.807) is 0 Å². The van der Waals surface area contributed by atoms with Crippen LogP contribution in [-0.4, -0.2) is 10.8 Å². The molecule has 0 saturated carbocycles. The molecule has 2 aromatic rings. The number of H-pyrrole nitrogens is 1. The lowest BCUT2D eigenvalue weighted by atomic mass is 9.82. The van der Waals surface area contributed by atoms with Crippen LogP contribution in [-0.2, 0) is 5.41 Å². The van der Waals surface area contributed by atoms with Gasteiger partial charge in [0, 0.05) is 33.5 Å². The molecule has 1 heterocycles. The lowest BCUT2D eigenvalue weighted by Gasteiger charge is -2.22. The van der Waals surface area contributed by atoms with Gasteiger partial charge < -0.3 is 4.98 Å². The third kappa shape index (κ3) is 0.946. The van der Waals surface area contributed by atoms with Gasteiger partial charge in [-0.1, -0.05) is 39.0 Å². The third-order valence-electron chi connectivity index (χ3n) is 4.07. The number of hydrogen-bond acceptors (Lipinski definition) is 1. The predicted octanol–water partition coefficient (Wildman–Crippen LogP) is 3.28. The Balaban J connectivity index is 2.42. The van der Waals surface area contributed by atoms with Crippen molar-refractivity contribution in [2.45, 2.75) is 26.2 Å². The quantitative estimate of drug-likeness (QED) is 0.715. The van der Waals surface area contributed by atoms with Gasteiger partial charge in [0.25, 0.3) is 0 Å². The van der Waals surface area contributed by atoms with Gasteiger partial charge in [-0.25, -0.2) is 0 Å². The first-order chi connectivity index (χ1) is 7.53. The second-order valence-corrected chi connectivity index (χ2v) is 5.23. The Kier molecular flexibility index (Phi) is 1.66. The molecule has 0 amide bonds. The molecular weight excluding hydrogens is 198 g/mol. The maximum absolute atomic E-state index is 12.3. The van der Waals surface area contributed by atoms with Crippen LogP contribution in [0.25, 0.3) is 10.9 Å². The number of aromatic amines is 1. The minimum Gasteiger partial charge on any atom is -0.357 e. The van der Waals surface area contributed by atoms with Gasteiger partial charge in [-0.3, -0.25) is 4.79 Å². The van der Waals surface area contributed by atoms with Crippen molar-refractivity contribution in [2.24, 2.45) is 5.92 Å². The average Bonchev–Trinajstić information content (AvgIpc) is 2.72. The van der Waals surface area contributed by atoms with Crippen molar-refractivity contribution >= 4 is 16.7 Å². The third-order valence-corrected chi connectivity index (χ3v) is 4.07. The Morgan fingerprint density at radius 1 is 1.25 bits per heavy atom. The minimum atomic E-state index is -0.0779. The minimum absolute atomic E-state index is 0.0679. The fourth-order valence-electron chi connectivity index (χ4n) is 2.64. The van der Waals surface area contributed by atoms with Crippen molar-refractivity contribution in [1.82, 2.24) is 4.98 Å². The van der Waals surface area contributed by atoms with Crippen molar-refractivity contribution in [3.8, 4) is 0 Å². The zero-order valence-corrected chi connectivity index (χ0v) is 9.79. The summed E-state index contributed by atoms with van der Waals surface area (Å²) in [5.74, 6) is 0.343. The van der Waals surface area contributed by atoms with Gasteiger partial charge in [0.15, 0.2) is 5.78 Å². The van der Waals surface area contributed by atoms with Gasteiger partial charge >= 0.3 is 0 Å². The number of fused-ring (bicyclic) bond motifs is 3. The first-order valence-electron chi connectivity index (χ1n) is 5.69. The Bertz CT molecular complexity index is 592. The molecule has 16 heavy (non-hydrogen) atoms. The fourth-order valence-corrected chi connectivity index (χ4v) is 2.64. The van der Waals surface area contributed by atoms with Gasteiger partial charge in [0.1, 0.15) is 0 Å². The van der Waals surface area contributed by atoms with Crippen LogP contribution in [0.3, 0.4) is 0 Å². The summed E-state index contributed by atoms with van der Waals surface area (Å²) >= 11 is 0. The van der Waals surface area contributed by atoms with E-state index in [1.165, 1.54) is 0 Å². The van der Waals surface area contributed by atoms with Crippen LogP contribution in [0.5, 0.6) is 0 Å². The summed E-state index contributed by atoms with van der Waals surface area (Å²) in [4.78, 5) is 15.7. The first kappa shape index (κ1) is 9.64. The topological polar surface area (TPSA) is 32.9 Å². The van der Waals surface area contributed by atoms with Crippen molar-refractivity contribution in [3.05, 3.63) is 35.5 Å². The highest BCUT2D eigenvalue weighted by molar-refractivity contribution is 6.13. The van der Waals surface area contributed by atoms with Gasteiger partial charge in [0.2, 0.25) is 0 Å². The van der Waals surface area contributed by atoms with Crippen LogP contribution in [0.1, 0.15) is 36.8 Å². The molecule has 1 aromatic heterocycles. The van der Waals surface area contributed by atoms with E-state index in [2.05, 4.69) is 18.8 Å². The number of nitrogens with one attached hydrogen (secondary N) is 1. The van der Waals surface area contributed by atoms with E-state index in [-0.39, 0.29) is 17.1 Å². The van der Waals surface area contributed by atoms with Crippen LogP contribution < -0.4 is 0 Å². The number of aromatic nitrogens is 1. The number of carbonyl (C=O) groups is 1. The average molecular weight is 213 g/mol. The van der Waals surface area contributed by atoms with E-state index in [1.807, 2.05) is 31.2 Å². The molecule has 1 aliphatic rings. The molecule has 1 aliphatic carbocycles. The molecule has 0 saturated heterocycles. The van der Waals surface area contributed by atoms with Gasteiger partial charge in [-0.15, -0.1) is 0 Å². The van der Waals surface area contributed by atoms with Crippen molar-refractivity contribution in [2.75, 3.05) is 0 Å². The number of rotatable bonds is 0. The van der Waals surface area contributed by atoms with Gasteiger partial charge in [-0.05, 0) is 6.07 Å². The molecule has 0 spiro atoms. The van der Waals surface area contributed by atoms with Crippen LogP contribution >= 0.6 is 0 Å². The molecule has 82 valence electrons. The molecule has 2 heteroatoms. The predicted molar refractivity (Wildman–Crippen MR) is 64.8 cm³/mol. The molecule has 1 N–H and O–H groups in total. The maximum Gasteiger partial charge on any atom is 0.169 e. The van der Waals surface area contributed by atoms with Crippen LogP contribution in [0, 0.1) is 5.92 Å². The standard InChI is InChI=1S/C14H15NO/c1-8-12(16)11-9-6-4-5-7-10(9)15-13(11)14(8,2)3/h4-8,15H,1-3H3. The number of ketones is 1. The maximum atomic E-state index is 12.3. The summed E-state index contributed by atoms with van der Waals surface area (Å²) in [5, 5.41) is 1.07. The highest BCUT2D eigenvalue weighted by Gasteiger charge is 2.45. The highest BCUT2D eigenvalue weighted by atomic mass is 16.1. The van der Waals surface area contributed by atoms with E-state index < -0.39 is 0 Å². The lowest BCUT2D eigenvalue weighted by Crippen LogP contribution is -2.24. The Morgan fingerprint density at radius 2 is 1.94 bits per heavy atom. The molecule has 0 fully saturated rings. The Labute approximate surface area is 94.7 Å². The molecule has 0 radical (unpaired) electrons. The SMILES string of the molecule is CC1C(=O)c2c([nH]c3ccccc23)C1(C)C. The summed E-state index contributed by atoms with van der Waals surface area (Å²) in [6.45, 7) is 6.29. The molecule has 1 aromatic carbocycles. The number of para-hydroxylation sites is 1. The van der Waals surface area contributed by atoms with Crippen LogP contribution in [0.4, 0.5) is 0 Å². The molecular formula is C14H15NO. The van der Waals surface area contributed by atoms with Gasteiger partial charge in [-0.2, -0.15) is 0 Å². The highest BCUT2D eigenvalue weighted by Crippen LogP contribution is 2.44. The zero-order valence-electron chi connectivity index (χ0n) is 9.79. The van der Waals surface area contributed by atoms with E-state index >= 15 is 0 Å². The van der Waals surface area contributed by atoms with Crippen molar-refractivity contribution < 1.29 is 4.79 Å². The van der Waals surface area contributed by atoms with E-state index in [0.29, 0.717) is 0 Å². The molecule has 1 unspecified atom stereocenters. The molecule has 0 aliphatic heterocycles. The first-order valence-corrected chi connectivity index (χ1v) is 5.69. The largest absolute Gasteiger partial charge is 0.357 e. The summed E-state index contributed by atoms with van der Waals surface area (Å²) in [6, 6.07) is 8.03. The van der Waals surface area contributed by atoms with E-state index in [4.69, 9.17) is 0 Å². The van der Waals surface area contributed by atoms with Crippen molar-refractivity contribution in [1.29, 1.82) is 0 Å². The summed E-state index contributed by atoms with van der Waals surface area (Å²) in [6.07, 6.45) is 0. The molecule has 2 nitrogen and oxygen atoms in total. The number of Topliss-reactive ketones (excluding diaryl/α,β-unsaturated/α-hetero) is 1. The molecule has 3 rings (SSSR count). The Morgan fingerprint density at radius 3 is 2.69 bits per heavy atom. The normalized spacial score (nSPS) is 22.7. The van der Waals surface area contributed by atoms with E-state index in [9.17, 15) is 4.79 Å². The second kappa shape index (κ2) is 2.76.